The van der Waals surface area contributed by atoms with Crippen LogP contribution in [-0.4, -0.2) is 42.6 Å². The van der Waals surface area contributed by atoms with Crippen molar-refractivity contribution in [1.29, 1.82) is 0 Å². The van der Waals surface area contributed by atoms with Gasteiger partial charge in [0.15, 0.2) is 0 Å². The largest absolute Gasteiger partial charge is 0.416 e. The molecule has 150 valence electrons. The van der Waals surface area contributed by atoms with E-state index in [9.17, 15) is 18.0 Å². The van der Waals surface area contributed by atoms with Gasteiger partial charge in [0.2, 0.25) is 5.91 Å². The third-order valence-electron chi connectivity index (χ3n) is 4.95. The van der Waals surface area contributed by atoms with Crippen molar-refractivity contribution < 1.29 is 22.7 Å². The fourth-order valence-electron chi connectivity index (χ4n) is 3.57. The average Bonchev–Trinajstić information content (AvgIpc) is 3.11. The van der Waals surface area contributed by atoms with Crippen LogP contribution in [-0.2, 0) is 22.1 Å². The number of rotatable bonds is 5. The minimum atomic E-state index is -4.33. The molecule has 0 radical (unpaired) electrons. The molecular weight excluding hydrogens is 369 g/mol. The van der Waals surface area contributed by atoms with Gasteiger partial charge in [-0.05, 0) is 55.2 Å². The lowest BCUT2D eigenvalue weighted by molar-refractivity contribution is -0.137. The summed E-state index contributed by atoms with van der Waals surface area (Å²) in [4.78, 5) is 18.4. The summed E-state index contributed by atoms with van der Waals surface area (Å²) in [6, 6.07) is 9.20. The van der Waals surface area contributed by atoms with E-state index >= 15 is 0 Å². The second kappa shape index (κ2) is 8.31. The van der Waals surface area contributed by atoms with Crippen LogP contribution >= 0.6 is 0 Å². The Hall–Kier alpha value is -2.41. The second-order valence-electron chi connectivity index (χ2n) is 7.17. The number of nitrogens with zero attached hydrogens (tertiary/aromatic N) is 2. The van der Waals surface area contributed by atoms with Crippen molar-refractivity contribution >= 4 is 5.91 Å². The molecule has 0 saturated carbocycles. The molecule has 0 spiro atoms. The third kappa shape index (κ3) is 4.90. The monoisotopic (exact) mass is 392 g/mol. The van der Waals surface area contributed by atoms with Crippen molar-refractivity contribution in [2.45, 2.75) is 31.9 Å². The highest BCUT2D eigenvalue weighted by molar-refractivity contribution is 5.77. The van der Waals surface area contributed by atoms with Gasteiger partial charge in [-0.3, -0.25) is 9.78 Å². The molecule has 1 aliphatic rings. The molecular formula is C21H23F3N2O2. The first-order valence-corrected chi connectivity index (χ1v) is 9.16. The Labute approximate surface area is 162 Å². The van der Waals surface area contributed by atoms with E-state index in [1.54, 1.807) is 4.90 Å². The van der Waals surface area contributed by atoms with Gasteiger partial charge in [0.25, 0.3) is 0 Å². The van der Waals surface area contributed by atoms with Crippen LogP contribution in [0.3, 0.4) is 0 Å². The van der Waals surface area contributed by atoms with E-state index in [1.807, 2.05) is 19.1 Å². The topological polar surface area (TPSA) is 42.4 Å². The number of aromatic nitrogens is 1. The summed E-state index contributed by atoms with van der Waals surface area (Å²) in [5, 5.41) is 0. The van der Waals surface area contributed by atoms with Gasteiger partial charge in [-0.25, -0.2) is 0 Å². The minimum absolute atomic E-state index is 0.0253. The highest BCUT2D eigenvalue weighted by Crippen LogP contribution is 2.30. The van der Waals surface area contributed by atoms with Crippen LogP contribution in [0.15, 0.2) is 36.4 Å². The number of amides is 1. The predicted molar refractivity (Wildman–Crippen MR) is 99.0 cm³/mol. The summed E-state index contributed by atoms with van der Waals surface area (Å²) in [6.07, 6.45) is -2.95. The Morgan fingerprint density at radius 3 is 2.57 bits per heavy atom. The molecule has 7 heteroatoms. The zero-order valence-electron chi connectivity index (χ0n) is 15.9. The predicted octanol–water partition coefficient (Wildman–Crippen LogP) is 3.96. The van der Waals surface area contributed by atoms with E-state index in [0.717, 1.165) is 41.1 Å². The molecule has 0 bridgehead atoms. The van der Waals surface area contributed by atoms with Gasteiger partial charge in [0, 0.05) is 37.5 Å². The molecule has 0 aliphatic carbocycles. The molecule has 2 heterocycles. The van der Waals surface area contributed by atoms with E-state index < -0.39 is 11.7 Å². The molecule has 1 atom stereocenters. The Balaban J connectivity index is 1.73. The summed E-state index contributed by atoms with van der Waals surface area (Å²) in [6.45, 7) is 3.27. The molecule has 1 fully saturated rings. The number of aryl methyl sites for hydroxylation is 1. The number of hydrogen-bond acceptors (Lipinski definition) is 3. The number of hydrogen-bond donors (Lipinski definition) is 0. The first-order chi connectivity index (χ1) is 13.3. The summed E-state index contributed by atoms with van der Waals surface area (Å²) < 4.78 is 43.1. The molecule has 1 aromatic heterocycles. The molecule has 1 amide bonds. The molecule has 4 nitrogen and oxygen atoms in total. The van der Waals surface area contributed by atoms with E-state index in [1.165, 1.54) is 19.2 Å². The van der Waals surface area contributed by atoms with Crippen molar-refractivity contribution in [3.05, 3.63) is 64.5 Å². The maximum Gasteiger partial charge on any atom is 0.416 e. The third-order valence-corrected chi connectivity index (χ3v) is 4.95. The molecule has 1 aliphatic heterocycles. The van der Waals surface area contributed by atoms with Gasteiger partial charge in [-0.2, -0.15) is 13.2 Å². The summed E-state index contributed by atoms with van der Waals surface area (Å²) in [5.41, 5.74) is 2.96. The number of benzene rings is 1. The highest BCUT2D eigenvalue weighted by Gasteiger charge is 2.30. The number of carbonyl (C=O) groups excluding carboxylic acids is 1. The van der Waals surface area contributed by atoms with Crippen LogP contribution in [0.5, 0.6) is 0 Å². The maximum absolute atomic E-state index is 12.7. The molecule has 1 unspecified atom stereocenters. The zero-order valence-corrected chi connectivity index (χ0v) is 15.9. The average molecular weight is 392 g/mol. The van der Waals surface area contributed by atoms with Gasteiger partial charge in [-0.15, -0.1) is 0 Å². The summed E-state index contributed by atoms with van der Waals surface area (Å²) >= 11 is 0. The van der Waals surface area contributed by atoms with Crippen LogP contribution in [0.2, 0.25) is 0 Å². The zero-order chi connectivity index (χ0) is 20.3. The van der Waals surface area contributed by atoms with Gasteiger partial charge >= 0.3 is 6.18 Å². The number of likely N-dealkylation sites (tertiary alicyclic amines) is 1. The van der Waals surface area contributed by atoms with Crippen LogP contribution in [0.4, 0.5) is 13.2 Å². The fraction of sp³-hybridized carbons (Fsp3) is 0.429. The SMILES string of the molecule is COCC(=O)N1CCC(c2cc(Cc3ccc(C(F)(F)F)cc3)cc(C)n2)C1. The molecule has 2 aromatic rings. The number of carbonyl (C=O) groups is 1. The van der Waals surface area contributed by atoms with E-state index in [4.69, 9.17) is 4.74 Å². The Morgan fingerprint density at radius 2 is 1.93 bits per heavy atom. The van der Waals surface area contributed by atoms with Crippen molar-refractivity contribution in [3.63, 3.8) is 0 Å². The number of halogens is 3. The van der Waals surface area contributed by atoms with E-state index in [-0.39, 0.29) is 18.4 Å². The lowest BCUT2D eigenvalue weighted by atomic mass is 9.98. The second-order valence-corrected chi connectivity index (χ2v) is 7.17. The normalized spacial score (nSPS) is 17.2. The first-order valence-electron chi connectivity index (χ1n) is 9.16. The maximum atomic E-state index is 12.7. The van der Waals surface area contributed by atoms with Crippen LogP contribution < -0.4 is 0 Å². The quantitative estimate of drug-likeness (QED) is 0.774. The van der Waals surface area contributed by atoms with E-state index in [2.05, 4.69) is 4.98 Å². The lowest BCUT2D eigenvalue weighted by Gasteiger charge is -2.16. The van der Waals surface area contributed by atoms with Gasteiger partial charge in [-0.1, -0.05) is 12.1 Å². The number of ether oxygens (including phenoxy) is 1. The summed E-state index contributed by atoms with van der Waals surface area (Å²) in [5.74, 6) is 0.134. The Bertz CT molecular complexity index is 835. The standard InChI is InChI=1S/C21H23F3N2O2/c1-14-9-16(10-15-3-5-18(6-4-15)21(22,23)24)11-19(25-14)17-7-8-26(12-17)20(27)13-28-2/h3-6,9,11,17H,7-8,10,12-13H2,1-2H3. The summed E-state index contributed by atoms with van der Waals surface area (Å²) in [7, 11) is 1.50. The van der Waals surface area contributed by atoms with Crippen molar-refractivity contribution in [1.82, 2.24) is 9.88 Å². The van der Waals surface area contributed by atoms with E-state index in [0.29, 0.717) is 19.5 Å². The van der Waals surface area contributed by atoms with Crippen LogP contribution in [0.1, 0.15) is 40.4 Å². The smallest absolute Gasteiger partial charge is 0.375 e. The number of methoxy groups -OCH3 is 1. The van der Waals surface area contributed by atoms with Crippen LogP contribution in [0.25, 0.3) is 0 Å². The molecule has 3 rings (SSSR count). The van der Waals surface area contributed by atoms with Gasteiger partial charge in [0.05, 0.1) is 5.56 Å². The Morgan fingerprint density at radius 1 is 1.21 bits per heavy atom. The van der Waals surface area contributed by atoms with Crippen molar-refractivity contribution in [2.24, 2.45) is 0 Å². The Kier molecular flexibility index (Phi) is 6.03. The minimum Gasteiger partial charge on any atom is -0.375 e. The fourth-order valence-corrected chi connectivity index (χ4v) is 3.57. The first kappa shape index (κ1) is 20.3. The molecule has 1 saturated heterocycles. The van der Waals surface area contributed by atoms with Crippen molar-refractivity contribution in [2.75, 3.05) is 26.8 Å². The van der Waals surface area contributed by atoms with Crippen molar-refractivity contribution in [3.8, 4) is 0 Å². The van der Waals surface area contributed by atoms with Crippen LogP contribution in [0, 0.1) is 6.92 Å². The lowest BCUT2D eigenvalue weighted by Crippen LogP contribution is -2.31. The molecule has 28 heavy (non-hydrogen) atoms. The highest BCUT2D eigenvalue weighted by atomic mass is 19.4. The molecule has 0 N–H and O–H groups in total. The number of alkyl halides is 3. The van der Waals surface area contributed by atoms with Gasteiger partial charge in [0.1, 0.15) is 6.61 Å². The van der Waals surface area contributed by atoms with Gasteiger partial charge < -0.3 is 9.64 Å². The molecule has 1 aromatic carbocycles. The number of pyridine rings is 1.